The highest BCUT2D eigenvalue weighted by atomic mass is 35.5. The van der Waals surface area contributed by atoms with Crippen molar-refractivity contribution in [3.8, 4) is 0 Å². The molecule has 0 spiro atoms. The van der Waals surface area contributed by atoms with Gasteiger partial charge in [-0.15, -0.1) is 0 Å². The fourth-order valence-electron chi connectivity index (χ4n) is 3.82. The fraction of sp³-hybridized carbons (Fsp3) is 0.462. The molecule has 2 aromatic rings. The molecular formula is C26H36ClN3O4S. The van der Waals surface area contributed by atoms with Crippen LogP contribution in [-0.4, -0.2) is 50.5 Å². The molecule has 1 N–H and O–H groups in total. The number of hydrogen-bond donors (Lipinski definition) is 1. The van der Waals surface area contributed by atoms with E-state index >= 15 is 0 Å². The van der Waals surface area contributed by atoms with Crippen LogP contribution in [0, 0.1) is 13.8 Å². The first-order chi connectivity index (χ1) is 16.5. The second-order valence-corrected chi connectivity index (χ2v) is 11.1. The van der Waals surface area contributed by atoms with E-state index in [-0.39, 0.29) is 12.5 Å². The normalized spacial score (nSPS) is 12.2. The number of amides is 2. The van der Waals surface area contributed by atoms with Crippen LogP contribution in [0.25, 0.3) is 0 Å². The van der Waals surface area contributed by atoms with Crippen molar-refractivity contribution >= 4 is 39.1 Å². The summed E-state index contributed by atoms with van der Waals surface area (Å²) in [6.07, 6.45) is 3.21. The van der Waals surface area contributed by atoms with Gasteiger partial charge in [0.25, 0.3) is 0 Å². The smallest absolute Gasteiger partial charge is 0.244 e. The Bertz CT molecular complexity index is 1140. The molecule has 2 aromatic carbocycles. The first kappa shape index (κ1) is 28.7. The van der Waals surface area contributed by atoms with E-state index in [0.29, 0.717) is 29.2 Å². The van der Waals surface area contributed by atoms with Crippen molar-refractivity contribution in [1.82, 2.24) is 10.2 Å². The molecule has 0 fully saturated rings. The number of carbonyl (C=O) groups is 2. The molecule has 0 aliphatic rings. The highest BCUT2D eigenvalue weighted by Gasteiger charge is 2.32. The lowest BCUT2D eigenvalue weighted by Gasteiger charge is -2.33. The summed E-state index contributed by atoms with van der Waals surface area (Å²) in [6, 6.07) is 11.8. The molecule has 2 amide bonds. The van der Waals surface area contributed by atoms with Gasteiger partial charge in [-0.3, -0.25) is 13.9 Å². The van der Waals surface area contributed by atoms with E-state index in [0.717, 1.165) is 34.5 Å². The summed E-state index contributed by atoms with van der Waals surface area (Å²) in [4.78, 5) is 28.2. The highest BCUT2D eigenvalue weighted by Crippen LogP contribution is 2.25. The minimum absolute atomic E-state index is 0.0859. The lowest BCUT2D eigenvalue weighted by molar-refractivity contribution is -0.140. The van der Waals surface area contributed by atoms with Crippen LogP contribution in [-0.2, 0) is 26.2 Å². The summed E-state index contributed by atoms with van der Waals surface area (Å²) in [6.45, 7) is 7.70. The van der Waals surface area contributed by atoms with Crippen LogP contribution >= 0.6 is 11.6 Å². The zero-order valence-electron chi connectivity index (χ0n) is 21.2. The molecule has 7 nitrogen and oxygen atoms in total. The van der Waals surface area contributed by atoms with Crippen molar-refractivity contribution in [2.24, 2.45) is 0 Å². The summed E-state index contributed by atoms with van der Waals surface area (Å²) in [5.74, 6) is -0.743. The topological polar surface area (TPSA) is 86.8 Å². The maximum absolute atomic E-state index is 13.7. The van der Waals surface area contributed by atoms with Gasteiger partial charge in [0.15, 0.2) is 0 Å². The molecule has 0 aliphatic heterocycles. The van der Waals surface area contributed by atoms with E-state index in [4.69, 9.17) is 11.6 Å². The van der Waals surface area contributed by atoms with Gasteiger partial charge in [-0.1, -0.05) is 62.2 Å². The van der Waals surface area contributed by atoms with E-state index in [2.05, 4.69) is 5.32 Å². The number of hydrogen-bond acceptors (Lipinski definition) is 4. The maximum Gasteiger partial charge on any atom is 0.244 e. The van der Waals surface area contributed by atoms with E-state index in [1.54, 1.807) is 31.2 Å². The van der Waals surface area contributed by atoms with Gasteiger partial charge >= 0.3 is 0 Å². The number of benzene rings is 2. The van der Waals surface area contributed by atoms with Crippen molar-refractivity contribution in [2.75, 3.05) is 23.7 Å². The first-order valence-electron chi connectivity index (χ1n) is 11.8. The van der Waals surface area contributed by atoms with Crippen LogP contribution in [0.15, 0.2) is 42.5 Å². The second-order valence-electron chi connectivity index (χ2n) is 8.74. The van der Waals surface area contributed by atoms with Crippen LogP contribution in [0.4, 0.5) is 5.69 Å². The monoisotopic (exact) mass is 521 g/mol. The van der Waals surface area contributed by atoms with Crippen LogP contribution in [0.3, 0.4) is 0 Å². The molecule has 0 heterocycles. The first-order valence-corrected chi connectivity index (χ1v) is 14.1. The minimum Gasteiger partial charge on any atom is -0.354 e. The molecule has 0 saturated carbocycles. The summed E-state index contributed by atoms with van der Waals surface area (Å²) in [5, 5.41) is 3.38. The maximum atomic E-state index is 13.7. The number of rotatable bonds is 12. The molecule has 0 aliphatic carbocycles. The molecule has 192 valence electrons. The van der Waals surface area contributed by atoms with E-state index in [1.807, 2.05) is 39.0 Å². The van der Waals surface area contributed by atoms with Gasteiger partial charge in [0.2, 0.25) is 21.8 Å². The van der Waals surface area contributed by atoms with Crippen molar-refractivity contribution in [1.29, 1.82) is 0 Å². The molecular weight excluding hydrogens is 486 g/mol. The van der Waals surface area contributed by atoms with Crippen LogP contribution in [0.2, 0.25) is 5.02 Å². The van der Waals surface area contributed by atoms with Gasteiger partial charge < -0.3 is 10.2 Å². The second kappa shape index (κ2) is 12.9. The molecule has 0 aromatic heterocycles. The van der Waals surface area contributed by atoms with Gasteiger partial charge in [-0.25, -0.2) is 8.42 Å². The SMILES string of the molecule is CCCCNC(=O)[C@@H](CC)N(Cc1ccccc1Cl)C(=O)CN(c1cc(C)ccc1C)S(C)(=O)=O. The number of nitrogens with zero attached hydrogens (tertiary/aromatic N) is 2. The van der Waals surface area contributed by atoms with Gasteiger partial charge in [-0.2, -0.15) is 0 Å². The third-order valence-electron chi connectivity index (χ3n) is 5.83. The average molecular weight is 522 g/mol. The average Bonchev–Trinajstić information content (AvgIpc) is 2.79. The van der Waals surface area contributed by atoms with Crippen molar-refractivity contribution in [3.63, 3.8) is 0 Å². The van der Waals surface area contributed by atoms with Crippen LogP contribution in [0.5, 0.6) is 0 Å². The van der Waals surface area contributed by atoms with Crippen molar-refractivity contribution < 1.29 is 18.0 Å². The Balaban J connectivity index is 2.46. The number of anilines is 1. The Morgan fingerprint density at radius 3 is 2.37 bits per heavy atom. The largest absolute Gasteiger partial charge is 0.354 e. The summed E-state index contributed by atoms with van der Waals surface area (Å²) in [5.41, 5.74) is 2.73. The van der Waals surface area contributed by atoms with Gasteiger partial charge in [0.05, 0.1) is 11.9 Å². The molecule has 0 unspecified atom stereocenters. The molecule has 9 heteroatoms. The number of nitrogens with one attached hydrogen (secondary N) is 1. The van der Waals surface area contributed by atoms with E-state index in [9.17, 15) is 18.0 Å². The number of aryl methyl sites for hydroxylation is 2. The standard InChI is InChI=1S/C26H36ClN3O4S/c1-6-8-15-28-26(32)23(7-2)29(17-21-11-9-10-12-22(21)27)25(31)18-30(35(5,33)34)24-16-19(3)13-14-20(24)4/h9-14,16,23H,6-8,15,17-18H2,1-5H3,(H,28,32)/t23-/m1/s1. The van der Waals surface area contributed by atoms with Gasteiger partial charge in [0.1, 0.15) is 12.6 Å². The van der Waals surface area contributed by atoms with Crippen molar-refractivity contribution in [3.05, 3.63) is 64.2 Å². The highest BCUT2D eigenvalue weighted by molar-refractivity contribution is 7.92. The molecule has 0 radical (unpaired) electrons. The predicted molar refractivity (Wildman–Crippen MR) is 142 cm³/mol. The Labute approximate surface area is 214 Å². The van der Waals surface area contributed by atoms with Gasteiger partial charge in [-0.05, 0) is 55.5 Å². The Morgan fingerprint density at radius 1 is 1.09 bits per heavy atom. The molecule has 0 bridgehead atoms. The van der Waals surface area contributed by atoms with Crippen LogP contribution in [0.1, 0.15) is 49.8 Å². The lowest BCUT2D eigenvalue weighted by Crippen LogP contribution is -2.52. The summed E-state index contributed by atoms with van der Waals surface area (Å²) in [7, 11) is -3.78. The van der Waals surface area contributed by atoms with Gasteiger partial charge in [0, 0.05) is 18.1 Å². The predicted octanol–water partition coefficient (Wildman–Crippen LogP) is 4.45. The quantitative estimate of drug-likeness (QED) is 0.418. The van der Waals surface area contributed by atoms with Crippen molar-refractivity contribution in [2.45, 2.75) is 59.5 Å². The number of unbranched alkanes of at least 4 members (excludes halogenated alkanes) is 1. The molecule has 0 saturated heterocycles. The summed E-state index contributed by atoms with van der Waals surface area (Å²) < 4.78 is 26.6. The number of halogens is 1. The fourth-order valence-corrected chi connectivity index (χ4v) is 4.91. The Kier molecular flexibility index (Phi) is 10.6. The lowest BCUT2D eigenvalue weighted by atomic mass is 10.1. The zero-order chi connectivity index (χ0) is 26.2. The number of sulfonamides is 1. The third kappa shape index (κ3) is 7.97. The Hall–Kier alpha value is -2.58. The Morgan fingerprint density at radius 2 is 1.77 bits per heavy atom. The molecule has 2 rings (SSSR count). The van der Waals surface area contributed by atoms with E-state index < -0.39 is 28.5 Å². The zero-order valence-corrected chi connectivity index (χ0v) is 22.7. The van der Waals surface area contributed by atoms with E-state index in [1.165, 1.54) is 4.90 Å². The number of carbonyl (C=O) groups excluding carboxylic acids is 2. The minimum atomic E-state index is -3.78. The molecule has 35 heavy (non-hydrogen) atoms. The summed E-state index contributed by atoms with van der Waals surface area (Å²) >= 11 is 6.37. The third-order valence-corrected chi connectivity index (χ3v) is 7.32. The molecule has 1 atom stereocenters. The van der Waals surface area contributed by atoms with Crippen LogP contribution < -0.4 is 9.62 Å².